The molecule has 0 spiro atoms. The number of halogens is 2. The average molecular weight is 505 g/mol. The highest BCUT2D eigenvalue weighted by atomic mass is 35.5. The van der Waals surface area contributed by atoms with E-state index >= 15 is 0 Å². The number of likely N-dealkylation sites (tertiary alicyclic amines) is 1. The summed E-state index contributed by atoms with van der Waals surface area (Å²) in [6, 6.07) is 4.49. The fraction of sp³-hybridized carbons (Fsp3) is 0.667. The first-order valence-corrected chi connectivity index (χ1v) is 13.1. The van der Waals surface area contributed by atoms with Crippen molar-refractivity contribution in [2.45, 2.75) is 37.4 Å². The summed E-state index contributed by atoms with van der Waals surface area (Å²) < 4.78 is 34.8. The Kier molecular flexibility index (Phi) is 7.36. The van der Waals surface area contributed by atoms with Crippen LogP contribution in [0.15, 0.2) is 18.2 Å². The maximum absolute atomic E-state index is 13.5. The minimum Gasteiger partial charge on any atom is -0.378 e. The van der Waals surface area contributed by atoms with E-state index in [1.54, 1.807) is 18.2 Å². The SMILES string of the molecule is CN(C)S(=O)(=O)N1CCN(C(=O)Cc2ccc(Cl)c(Cl)c2)[C@H]2[C@H]1COC[C@@H]2N1CCCC1. The summed E-state index contributed by atoms with van der Waals surface area (Å²) in [6.07, 6.45) is 2.39. The van der Waals surface area contributed by atoms with Gasteiger partial charge in [-0.2, -0.15) is 17.0 Å². The molecule has 0 saturated carbocycles. The van der Waals surface area contributed by atoms with Crippen LogP contribution in [0.25, 0.3) is 0 Å². The molecule has 1 aromatic carbocycles. The predicted molar refractivity (Wildman–Crippen MR) is 124 cm³/mol. The van der Waals surface area contributed by atoms with Gasteiger partial charge in [0, 0.05) is 27.2 Å². The van der Waals surface area contributed by atoms with E-state index in [-0.39, 0.29) is 37.6 Å². The second-order valence-corrected chi connectivity index (χ2v) is 11.7. The highest BCUT2D eigenvalue weighted by Crippen LogP contribution is 2.32. The van der Waals surface area contributed by atoms with Crippen molar-refractivity contribution >= 4 is 39.3 Å². The molecule has 3 heterocycles. The third kappa shape index (κ3) is 4.66. The monoisotopic (exact) mass is 504 g/mol. The van der Waals surface area contributed by atoms with Crippen molar-refractivity contribution in [2.24, 2.45) is 0 Å². The molecule has 11 heteroatoms. The summed E-state index contributed by atoms with van der Waals surface area (Å²) in [5.74, 6) is -0.0358. The topological polar surface area (TPSA) is 73.4 Å². The lowest BCUT2D eigenvalue weighted by Crippen LogP contribution is -2.72. The molecule has 0 aromatic heterocycles. The molecule has 1 amide bonds. The summed E-state index contributed by atoms with van der Waals surface area (Å²) in [4.78, 5) is 17.7. The Morgan fingerprint density at radius 2 is 1.75 bits per heavy atom. The average Bonchev–Trinajstić information content (AvgIpc) is 3.29. The second kappa shape index (κ2) is 9.74. The van der Waals surface area contributed by atoms with Crippen molar-refractivity contribution in [3.63, 3.8) is 0 Å². The zero-order valence-corrected chi connectivity index (χ0v) is 20.7. The molecular weight excluding hydrogens is 475 g/mol. The van der Waals surface area contributed by atoms with Crippen molar-refractivity contribution in [3.8, 4) is 0 Å². The fourth-order valence-electron chi connectivity index (χ4n) is 5.06. The van der Waals surface area contributed by atoms with E-state index in [9.17, 15) is 13.2 Å². The van der Waals surface area contributed by atoms with Gasteiger partial charge >= 0.3 is 0 Å². The number of rotatable bonds is 5. The summed E-state index contributed by atoms with van der Waals surface area (Å²) >= 11 is 12.2. The van der Waals surface area contributed by atoms with E-state index in [0.29, 0.717) is 23.2 Å². The van der Waals surface area contributed by atoms with E-state index in [4.69, 9.17) is 27.9 Å². The van der Waals surface area contributed by atoms with Crippen LogP contribution in [0, 0.1) is 0 Å². The molecule has 3 aliphatic heterocycles. The van der Waals surface area contributed by atoms with Crippen molar-refractivity contribution in [1.82, 2.24) is 18.4 Å². The first-order chi connectivity index (χ1) is 15.2. The molecule has 1 aromatic rings. The number of nitrogens with zero attached hydrogens (tertiary/aromatic N) is 4. The number of hydrogen-bond donors (Lipinski definition) is 0. The number of carbonyl (C=O) groups excluding carboxylic acids is 1. The Hall–Kier alpha value is -0.940. The minimum atomic E-state index is -3.64. The van der Waals surface area contributed by atoms with Crippen LogP contribution in [0.5, 0.6) is 0 Å². The van der Waals surface area contributed by atoms with Crippen LogP contribution in [0.3, 0.4) is 0 Å². The predicted octanol–water partition coefficient (Wildman–Crippen LogP) is 1.72. The lowest BCUT2D eigenvalue weighted by atomic mass is 9.92. The second-order valence-electron chi connectivity index (χ2n) is 8.82. The maximum atomic E-state index is 13.5. The van der Waals surface area contributed by atoms with Gasteiger partial charge in [0.05, 0.1) is 47.8 Å². The molecule has 8 nitrogen and oxygen atoms in total. The first-order valence-electron chi connectivity index (χ1n) is 10.9. The van der Waals surface area contributed by atoms with Gasteiger partial charge in [0.15, 0.2) is 0 Å². The number of hydrogen-bond acceptors (Lipinski definition) is 5. The minimum absolute atomic E-state index is 0.0332. The van der Waals surface area contributed by atoms with Crippen LogP contribution in [-0.2, 0) is 26.2 Å². The van der Waals surface area contributed by atoms with Crippen molar-refractivity contribution in [2.75, 3.05) is 53.5 Å². The molecule has 3 aliphatic rings. The maximum Gasteiger partial charge on any atom is 0.281 e. The van der Waals surface area contributed by atoms with Gasteiger partial charge in [-0.3, -0.25) is 9.69 Å². The Bertz CT molecular complexity index is 955. The molecule has 0 radical (unpaired) electrons. The first kappa shape index (κ1) is 24.2. The zero-order chi connectivity index (χ0) is 23.0. The van der Waals surface area contributed by atoms with Crippen molar-refractivity contribution in [1.29, 1.82) is 0 Å². The molecule has 0 bridgehead atoms. The van der Waals surface area contributed by atoms with E-state index in [1.165, 1.54) is 22.7 Å². The van der Waals surface area contributed by atoms with E-state index in [1.807, 2.05) is 4.90 Å². The molecule has 4 rings (SSSR count). The highest BCUT2D eigenvalue weighted by molar-refractivity contribution is 7.86. The largest absolute Gasteiger partial charge is 0.378 e. The smallest absolute Gasteiger partial charge is 0.281 e. The van der Waals surface area contributed by atoms with Gasteiger partial charge in [0.25, 0.3) is 10.2 Å². The number of benzene rings is 1. The van der Waals surface area contributed by atoms with Crippen LogP contribution in [-0.4, -0.2) is 104 Å². The fourth-order valence-corrected chi connectivity index (χ4v) is 6.64. The van der Waals surface area contributed by atoms with Crippen LogP contribution < -0.4 is 0 Å². The molecule has 178 valence electrons. The summed E-state index contributed by atoms with van der Waals surface area (Å²) in [5.41, 5.74) is 0.786. The van der Waals surface area contributed by atoms with Gasteiger partial charge in [-0.1, -0.05) is 29.3 Å². The molecule has 0 N–H and O–H groups in total. The Morgan fingerprint density at radius 1 is 1.06 bits per heavy atom. The standard InChI is InChI=1S/C21H30Cl2N4O4S/c1-24(2)32(29,30)27-10-9-26(20(28)12-15-5-6-16(22)17(23)11-15)21-18(13-31-14-19(21)27)25-7-3-4-8-25/h5-6,11,18-19,21H,3-4,7-10,12-14H2,1-2H3/t18-,19+,21+/m0/s1. The van der Waals surface area contributed by atoms with E-state index < -0.39 is 16.3 Å². The van der Waals surface area contributed by atoms with Crippen LogP contribution in [0.1, 0.15) is 18.4 Å². The van der Waals surface area contributed by atoms with Gasteiger partial charge < -0.3 is 9.64 Å². The van der Waals surface area contributed by atoms with Crippen LogP contribution >= 0.6 is 23.2 Å². The van der Waals surface area contributed by atoms with Gasteiger partial charge in [-0.15, -0.1) is 0 Å². The van der Waals surface area contributed by atoms with Crippen molar-refractivity contribution < 1.29 is 17.9 Å². The Balaban J connectivity index is 1.64. The van der Waals surface area contributed by atoms with E-state index in [0.717, 1.165) is 31.5 Å². The number of amides is 1. The molecule has 0 unspecified atom stereocenters. The van der Waals surface area contributed by atoms with Gasteiger partial charge in [0.2, 0.25) is 5.91 Å². The number of ether oxygens (including phenoxy) is 1. The molecule has 3 saturated heterocycles. The number of fused-ring (bicyclic) bond motifs is 1. The van der Waals surface area contributed by atoms with E-state index in [2.05, 4.69) is 4.90 Å². The quantitative estimate of drug-likeness (QED) is 0.610. The highest BCUT2D eigenvalue weighted by Gasteiger charge is 2.51. The summed E-state index contributed by atoms with van der Waals surface area (Å²) in [6.45, 7) is 3.23. The van der Waals surface area contributed by atoms with Gasteiger partial charge in [-0.05, 0) is 43.6 Å². The third-order valence-electron chi connectivity index (χ3n) is 6.68. The van der Waals surface area contributed by atoms with Crippen LogP contribution in [0.4, 0.5) is 0 Å². The Morgan fingerprint density at radius 3 is 2.41 bits per heavy atom. The zero-order valence-electron chi connectivity index (χ0n) is 18.4. The lowest BCUT2D eigenvalue weighted by molar-refractivity contribution is -0.147. The summed E-state index contributed by atoms with van der Waals surface area (Å²) in [7, 11) is -0.567. The third-order valence-corrected chi connectivity index (χ3v) is 9.39. The molecule has 3 atom stereocenters. The molecule has 0 aliphatic carbocycles. The normalized spacial score (nSPS) is 27.7. The summed E-state index contributed by atoms with van der Waals surface area (Å²) in [5, 5.41) is 0.863. The molecule has 3 fully saturated rings. The van der Waals surface area contributed by atoms with Gasteiger partial charge in [-0.25, -0.2) is 0 Å². The van der Waals surface area contributed by atoms with Crippen LogP contribution in [0.2, 0.25) is 10.0 Å². The van der Waals surface area contributed by atoms with Crippen molar-refractivity contribution in [3.05, 3.63) is 33.8 Å². The molecule has 32 heavy (non-hydrogen) atoms. The Labute approximate surface area is 200 Å². The molecular formula is C21H30Cl2N4O4S. The number of carbonyl (C=O) groups is 1. The lowest BCUT2D eigenvalue weighted by Gasteiger charge is -2.53. The number of piperazine rings is 1. The van der Waals surface area contributed by atoms with Gasteiger partial charge in [0.1, 0.15) is 0 Å².